The number of nitrogens with one attached hydrogen (secondary N) is 1. The van der Waals surface area contributed by atoms with E-state index in [1.807, 2.05) is 38.1 Å². The Balaban J connectivity index is 1.70. The first-order valence-corrected chi connectivity index (χ1v) is 16.3. The minimum Gasteiger partial charge on any atom is -0.352 e. The molecule has 42 heavy (non-hydrogen) atoms. The van der Waals surface area contributed by atoms with Gasteiger partial charge in [-0.1, -0.05) is 84.5 Å². The predicted octanol–water partition coefficient (Wildman–Crippen LogP) is 6.33. The molecular formula is C33H40ClN3O4S. The van der Waals surface area contributed by atoms with E-state index in [1.165, 1.54) is 17.0 Å². The highest BCUT2D eigenvalue weighted by molar-refractivity contribution is 7.92. The van der Waals surface area contributed by atoms with Gasteiger partial charge in [-0.15, -0.1) is 0 Å². The van der Waals surface area contributed by atoms with Gasteiger partial charge in [0.25, 0.3) is 10.0 Å². The first-order chi connectivity index (χ1) is 20.0. The van der Waals surface area contributed by atoms with Gasteiger partial charge in [-0.05, 0) is 75.9 Å². The largest absolute Gasteiger partial charge is 0.352 e. The molecule has 9 heteroatoms. The van der Waals surface area contributed by atoms with Crippen molar-refractivity contribution in [1.82, 2.24) is 10.2 Å². The molecule has 1 atom stereocenters. The van der Waals surface area contributed by atoms with Crippen molar-refractivity contribution in [3.05, 3.63) is 94.0 Å². The quantitative estimate of drug-likeness (QED) is 0.291. The van der Waals surface area contributed by atoms with Crippen LogP contribution in [0.2, 0.25) is 5.02 Å². The minimum atomic E-state index is -4.16. The Morgan fingerprint density at radius 3 is 2.12 bits per heavy atom. The molecule has 1 N–H and O–H groups in total. The monoisotopic (exact) mass is 609 g/mol. The van der Waals surface area contributed by atoms with Crippen molar-refractivity contribution in [2.75, 3.05) is 10.8 Å². The summed E-state index contributed by atoms with van der Waals surface area (Å²) in [5.74, 6) is -0.730. The summed E-state index contributed by atoms with van der Waals surface area (Å²) in [6.07, 6.45) is 5.13. The second-order valence-electron chi connectivity index (χ2n) is 11.2. The molecule has 0 bridgehead atoms. The number of benzene rings is 3. The molecule has 1 saturated carbocycles. The van der Waals surface area contributed by atoms with Crippen molar-refractivity contribution in [2.24, 2.45) is 0 Å². The van der Waals surface area contributed by atoms with E-state index in [0.717, 1.165) is 53.1 Å². The molecule has 7 nitrogen and oxygen atoms in total. The summed E-state index contributed by atoms with van der Waals surface area (Å²) in [7, 11) is -4.16. The summed E-state index contributed by atoms with van der Waals surface area (Å²) in [6.45, 7) is 6.95. The Bertz CT molecular complexity index is 1500. The molecule has 0 aromatic heterocycles. The Morgan fingerprint density at radius 2 is 1.50 bits per heavy atom. The van der Waals surface area contributed by atoms with E-state index in [-0.39, 0.29) is 23.4 Å². The van der Waals surface area contributed by atoms with Crippen molar-refractivity contribution in [3.63, 3.8) is 0 Å². The smallest absolute Gasteiger partial charge is 0.264 e. The van der Waals surface area contributed by atoms with Gasteiger partial charge in [0.1, 0.15) is 12.6 Å². The van der Waals surface area contributed by atoms with E-state index in [4.69, 9.17) is 11.6 Å². The summed E-state index contributed by atoms with van der Waals surface area (Å²) in [5, 5.41) is 3.52. The van der Waals surface area contributed by atoms with E-state index in [1.54, 1.807) is 44.2 Å². The third-order valence-corrected chi connectivity index (χ3v) is 10.2. The maximum atomic E-state index is 14.2. The molecule has 3 aromatic rings. The Labute approximate surface area is 254 Å². The topological polar surface area (TPSA) is 86.8 Å². The molecule has 4 rings (SSSR count). The van der Waals surface area contributed by atoms with Crippen LogP contribution in [0.1, 0.15) is 61.3 Å². The van der Waals surface area contributed by atoms with E-state index in [0.29, 0.717) is 16.3 Å². The van der Waals surface area contributed by atoms with Gasteiger partial charge in [0.05, 0.1) is 10.6 Å². The molecule has 0 radical (unpaired) electrons. The van der Waals surface area contributed by atoms with Crippen molar-refractivity contribution >= 4 is 39.1 Å². The van der Waals surface area contributed by atoms with E-state index in [9.17, 15) is 18.0 Å². The minimum absolute atomic E-state index is 0.0634. The molecule has 2 amide bonds. The molecule has 0 heterocycles. The number of anilines is 1. The Kier molecular flexibility index (Phi) is 10.3. The van der Waals surface area contributed by atoms with Crippen molar-refractivity contribution < 1.29 is 18.0 Å². The molecule has 0 unspecified atom stereocenters. The van der Waals surface area contributed by atoms with E-state index < -0.39 is 28.5 Å². The molecule has 0 spiro atoms. The number of rotatable bonds is 10. The van der Waals surface area contributed by atoms with Crippen molar-refractivity contribution in [3.8, 4) is 0 Å². The van der Waals surface area contributed by atoms with Crippen molar-refractivity contribution in [2.45, 2.75) is 83.3 Å². The Morgan fingerprint density at radius 1 is 0.905 bits per heavy atom. The van der Waals surface area contributed by atoms with Gasteiger partial charge in [0, 0.05) is 17.6 Å². The Hall–Kier alpha value is -3.36. The maximum absolute atomic E-state index is 14.2. The first kappa shape index (κ1) is 31.6. The van der Waals surface area contributed by atoms with E-state index in [2.05, 4.69) is 5.32 Å². The molecular weight excluding hydrogens is 570 g/mol. The fourth-order valence-electron chi connectivity index (χ4n) is 5.26. The van der Waals surface area contributed by atoms with Crippen LogP contribution in [-0.4, -0.2) is 43.8 Å². The molecule has 0 saturated heterocycles. The van der Waals surface area contributed by atoms with Crippen LogP contribution >= 0.6 is 11.6 Å². The molecule has 1 aliphatic rings. The number of aryl methyl sites for hydroxylation is 2. The number of carbonyl (C=O) groups is 2. The highest BCUT2D eigenvalue weighted by Gasteiger charge is 2.34. The van der Waals surface area contributed by atoms with Crippen LogP contribution in [0, 0.1) is 20.8 Å². The van der Waals surface area contributed by atoms with Crippen molar-refractivity contribution in [1.29, 1.82) is 0 Å². The van der Waals surface area contributed by atoms with Gasteiger partial charge < -0.3 is 10.2 Å². The number of sulfonamides is 1. The van der Waals surface area contributed by atoms with Gasteiger partial charge in [-0.2, -0.15) is 0 Å². The summed E-state index contributed by atoms with van der Waals surface area (Å²) >= 11 is 6.41. The van der Waals surface area contributed by atoms with Gasteiger partial charge in [-0.25, -0.2) is 8.42 Å². The third kappa shape index (κ3) is 7.53. The van der Waals surface area contributed by atoms with Gasteiger partial charge in [0.15, 0.2) is 0 Å². The summed E-state index contributed by atoms with van der Waals surface area (Å²) in [4.78, 5) is 29.2. The molecule has 3 aromatic carbocycles. The third-order valence-electron chi connectivity index (χ3n) is 7.99. The van der Waals surface area contributed by atoms with Gasteiger partial charge in [-0.3, -0.25) is 13.9 Å². The number of nitrogens with zero attached hydrogens (tertiary/aromatic N) is 2. The SMILES string of the molecule is Cc1ccc(CN(C(=O)CN(c2cccc(Cl)c2C)S(=O)(=O)c2ccc(C)cc2)[C@H](C)C(=O)NC2CCCCC2)cc1. The van der Waals surface area contributed by atoms with Crippen LogP contribution in [0.15, 0.2) is 71.6 Å². The second-order valence-corrected chi connectivity index (χ2v) is 13.5. The highest BCUT2D eigenvalue weighted by Crippen LogP contribution is 2.31. The molecule has 0 aliphatic heterocycles. The predicted molar refractivity (Wildman–Crippen MR) is 168 cm³/mol. The average molecular weight is 610 g/mol. The highest BCUT2D eigenvalue weighted by atomic mass is 35.5. The average Bonchev–Trinajstić information content (AvgIpc) is 2.97. The lowest BCUT2D eigenvalue weighted by molar-refractivity contribution is -0.139. The summed E-state index contributed by atoms with van der Waals surface area (Å²) < 4.78 is 29.2. The van der Waals surface area contributed by atoms with Crippen LogP contribution in [0.4, 0.5) is 5.69 Å². The van der Waals surface area contributed by atoms with Crippen LogP contribution in [0.3, 0.4) is 0 Å². The van der Waals surface area contributed by atoms with E-state index >= 15 is 0 Å². The number of hydrogen-bond donors (Lipinski definition) is 1. The summed E-state index contributed by atoms with van der Waals surface area (Å²) in [6, 6.07) is 18.5. The zero-order valence-electron chi connectivity index (χ0n) is 24.8. The molecule has 1 fully saturated rings. The van der Waals surface area contributed by atoms with Gasteiger partial charge >= 0.3 is 0 Å². The zero-order chi connectivity index (χ0) is 30.4. The fourth-order valence-corrected chi connectivity index (χ4v) is 6.90. The molecule has 224 valence electrons. The maximum Gasteiger partial charge on any atom is 0.264 e. The van der Waals surface area contributed by atoms with Crippen LogP contribution < -0.4 is 9.62 Å². The number of carbonyl (C=O) groups excluding carboxylic acids is 2. The zero-order valence-corrected chi connectivity index (χ0v) is 26.3. The first-order valence-electron chi connectivity index (χ1n) is 14.5. The lowest BCUT2D eigenvalue weighted by Crippen LogP contribution is -2.53. The number of hydrogen-bond acceptors (Lipinski definition) is 4. The summed E-state index contributed by atoms with van der Waals surface area (Å²) in [5.41, 5.74) is 3.68. The van der Waals surface area contributed by atoms with Crippen LogP contribution in [0.5, 0.6) is 0 Å². The van der Waals surface area contributed by atoms with Crippen LogP contribution in [-0.2, 0) is 26.2 Å². The normalized spacial score (nSPS) is 14.7. The second kappa shape index (κ2) is 13.7. The standard InChI is InChI=1S/C33H40ClN3O4S/c1-23-13-17-27(18-14-23)21-36(26(4)33(39)35-28-9-6-5-7-10-28)32(38)22-37(31-12-8-11-30(34)25(31)3)42(40,41)29-19-15-24(2)16-20-29/h8,11-20,26,28H,5-7,9-10,21-22H2,1-4H3,(H,35,39)/t26-/m1/s1. The fraction of sp³-hybridized carbons (Fsp3) is 0.394. The van der Waals surface area contributed by atoms with Crippen LogP contribution in [0.25, 0.3) is 0 Å². The molecule has 1 aliphatic carbocycles. The lowest BCUT2D eigenvalue weighted by Gasteiger charge is -2.33. The van der Waals surface area contributed by atoms with Gasteiger partial charge in [0.2, 0.25) is 11.8 Å². The lowest BCUT2D eigenvalue weighted by atomic mass is 9.95. The number of halogens is 1. The number of amides is 2.